The fourth-order valence-corrected chi connectivity index (χ4v) is 3.51. The third-order valence-electron chi connectivity index (χ3n) is 2.70. The summed E-state index contributed by atoms with van der Waals surface area (Å²) in [5, 5.41) is 0. The first-order chi connectivity index (χ1) is 9.76. The minimum atomic E-state index is -3.61. The molecule has 0 aromatic carbocycles. The second kappa shape index (κ2) is 10.6. The van der Waals surface area contributed by atoms with Gasteiger partial charge >= 0.3 is 9.05 Å². The molecule has 7 nitrogen and oxygen atoms in total. The van der Waals surface area contributed by atoms with Crippen LogP contribution in [0.25, 0.3) is 0 Å². The molecule has 0 N–H and O–H groups in total. The van der Waals surface area contributed by atoms with Gasteiger partial charge in [-0.1, -0.05) is 19.3 Å². The smallest absolute Gasteiger partial charge is 0.344 e. The third-order valence-corrected chi connectivity index (χ3v) is 4.29. The van der Waals surface area contributed by atoms with Gasteiger partial charge < -0.3 is 4.43 Å². The van der Waals surface area contributed by atoms with E-state index in [9.17, 15) is 0 Å². The van der Waals surface area contributed by atoms with Gasteiger partial charge in [-0.15, -0.1) is 0 Å². The predicted octanol–water partition coefficient (Wildman–Crippen LogP) is 2.68. The molecule has 0 bridgehead atoms. The van der Waals surface area contributed by atoms with E-state index in [0.717, 1.165) is 25.7 Å². The number of hydrogen-bond acceptors (Lipinski definition) is 7. The molecule has 1 saturated carbocycles. The maximum absolute atomic E-state index is 5.88. The van der Waals surface area contributed by atoms with E-state index in [4.69, 9.17) is 32.8 Å². The summed E-state index contributed by atoms with van der Waals surface area (Å²) in [5.41, 5.74) is 0. The molecule has 1 rings (SSSR count). The molecular formula is C12H26O7Si. The van der Waals surface area contributed by atoms with Crippen molar-refractivity contribution in [3.05, 3.63) is 0 Å². The third kappa shape index (κ3) is 6.59. The summed E-state index contributed by atoms with van der Waals surface area (Å²) in [6.45, 7) is 6.40. The molecule has 0 aromatic rings. The SMILES string of the molecule is CCOO[Si](OOCC)(OOCC)OC1CCCCC1. The minimum Gasteiger partial charge on any atom is -0.344 e. The molecule has 1 aliphatic carbocycles. The molecule has 0 amide bonds. The Hall–Kier alpha value is -0.0631. The Morgan fingerprint density at radius 3 is 1.60 bits per heavy atom. The Kier molecular flexibility index (Phi) is 9.56. The average molecular weight is 310 g/mol. The lowest BCUT2D eigenvalue weighted by Crippen LogP contribution is -2.51. The van der Waals surface area contributed by atoms with E-state index in [-0.39, 0.29) is 6.10 Å². The maximum atomic E-state index is 5.88. The van der Waals surface area contributed by atoms with Gasteiger partial charge in [0.05, 0.1) is 25.9 Å². The van der Waals surface area contributed by atoms with Gasteiger partial charge in [0.2, 0.25) is 0 Å². The van der Waals surface area contributed by atoms with Crippen LogP contribution in [0, 0.1) is 0 Å². The quantitative estimate of drug-likeness (QED) is 0.330. The zero-order valence-electron chi connectivity index (χ0n) is 12.6. The Bertz CT molecular complexity index is 214. The first-order valence-electron chi connectivity index (χ1n) is 7.36. The zero-order valence-corrected chi connectivity index (χ0v) is 13.6. The van der Waals surface area contributed by atoms with Crippen molar-refractivity contribution >= 4 is 9.05 Å². The predicted molar refractivity (Wildman–Crippen MR) is 71.8 cm³/mol. The summed E-state index contributed by atoms with van der Waals surface area (Å²) in [5.74, 6) is 0. The van der Waals surface area contributed by atoms with E-state index in [1.54, 1.807) is 20.8 Å². The van der Waals surface area contributed by atoms with Crippen molar-refractivity contribution in [3.8, 4) is 0 Å². The molecule has 120 valence electrons. The summed E-state index contributed by atoms with van der Waals surface area (Å²) < 4.78 is 21.5. The van der Waals surface area contributed by atoms with Crippen molar-refractivity contribution in [2.24, 2.45) is 0 Å². The first-order valence-corrected chi connectivity index (χ1v) is 8.99. The van der Waals surface area contributed by atoms with Crippen LogP contribution in [0.5, 0.6) is 0 Å². The zero-order chi connectivity index (χ0) is 14.7. The van der Waals surface area contributed by atoms with Crippen LogP contribution in [0.1, 0.15) is 52.9 Å². The maximum Gasteiger partial charge on any atom is 0.764 e. The fraction of sp³-hybridized carbons (Fsp3) is 1.00. The second-order valence-corrected chi connectivity index (χ2v) is 6.08. The molecule has 1 aliphatic rings. The lowest BCUT2D eigenvalue weighted by molar-refractivity contribution is -0.388. The van der Waals surface area contributed by atoms with E-state index < -0.39 is 9.05 Å². The van der Waals surface area contributed by atoms with Gasteiger partial charge in [-0.3, -0.25) is 0 Å². The fourth-order valence-electron chi connectivity index (χ4n) is 1.88. The van der Waals surface area contributed by atoms with Crippen LogP contribution < -0.4 is 0 Å². The molecule has 0 spiro atoms. The van der Waals surface area contributed by atoms with E-state index >= 15 is 0 Å². The Morgan fingerprint density at radius 1 is 0.750 bits per heavy atom. The van der Waals surface area contributed by atoms with Crippen molar-refractivity contribution in [3.63, 3.8) is 0 Å². The summed E-state index contributed by atoms with van der Waals surface area (Å²) in [4.78, 5) is 14.9. The van der Waals surface area contributed by atoms with Crippen LogP contribution in [0.15, 0.2) is 0 Å². The van der Waals surface area contributed by atoms with Crippen LogP contribution in [-0.2, 0) is 32.8 Å². The lowest BCUT2D eigenvalue weighted by Gasteiger charge is -2.30. The van der Waals surface area contributed by atoms with Gasteiger partial charge in [-0.2, -0.15) is 13.7 Å². The topological polar surface area (TPSA) is 64.6 Å². The van der Waals surface area contributed by atoms with E-state index in [2.05, 4.69) is 0 Å². The number of hydrogen-bond donors (Lipinski definition) is 0. The van der Waals surface area contributed by atoms with Crippen LogP contribution in [-0.4, -0.2) is 35.0 Å². The highest BCUT2D eigenvalue weighted by atomic mass is 28.4. The lowest BCUT2D eigenvalue weighted by atomic mass is 9.98. The van der Waals surface area contributed by atoms with Crippen molar-refractivity contribution in [1.29, 1.82) is 0 Å². The molecule has 20 heavy (non-hydrogen) atoms. The van der Waals surface area contributed by atoms with E-state index in [1.165, 1.54) is 6.42 Å². The highest BCUT2D eigenvalue weighted by Gasteiger charge is 2.54. The van der Waals surface area contributed by atoms with Gasteiger partial charge in [0, 0.05) is 0 Å². The molecular weight excluding hydrogens is 284 g/mol. The van der Waals surface area contributed by atoms with Gasteiger partial charge in [-0.05, 0) is 33.6 Å². The van der Waals surface area contributed by atoms with Crippen LogP contribution in [0.3, 0.4) is 0 Å². The summed E-state index contributed by atoms with van der Waals surface area (Å²) >= 11 is 0. The first kappa shape index (κ1) is 18.0. The normalized spacial score (nSPS) is 17.6. The van der Waals surface area contributed by atoms with E-state index in [1.807, 2.05) is 0 Å². The van der Waals surface area contributed by atoms with Crippen molar-refractivity contribution in [2.45, 2.75) is 59.0 Å². The Labute approximate surface area is 121 Å². The van der Waals surface area contributed by atoms with Crippen LogP contribution in [0.4, 0.5) is 0 Å². The molecule has 8 heteroatoms. The second-order valence-electron chi connectivity index (χ2n) is 4.35. The monoisotopic (exact) mass is 310 g/mol. The molecule has 0 saturated heterocycles. The van der Waals surface area contributed by atoms with Gasteiger partial charge in [0.15, 0.2) is 0 Å². The molecule has 0 atom stereocenters. The van der Waals surface area contributed by atoms with Crippen molar-refractivity contribution in [2.75, 3.05) is 19.8 Å². The largest absolute Gasteiger partial charge is 0.764 e. The number of rotatable bonds is 11. The summed E-state index contributed by atoms with van der Waals surface area (Å²) in [7, 11) is -3.61. The molecule has 0 aromatic heterocycles. The molecule has 0 aliphatic heterocycles. The molecule has 0 heterocycles. The van der Waals surface area contributed by atoms with E-state index in [0.29, 0.717) is 19.8 Å². The van der Waals surface area contributed by atoms with Gasteiger partial charge in [0.1, 0.15) is 0 Å². The van der Waals surface area contributed by atoms with Gasteiger partial charge in [-0.25, -0.2) is 14.7 Å². The minimum absolute atomic E-state index is 0.0109. The molecule has 1 fully saturated rings. The van der Waals surface area contributed by atoms with Gasteiger partial charge in [0.25, 0.3) is 0 Å². The summed E-state index contributed by atoms with van der Waals surface area (Å²) in [6.07, 6.45) is 5.35. The average Bonchev–Trinajstić information content (AvgIpc) is 2.49. The van der Waals surface area contributed by atoms with Crippen LogP contribution >= 0.6 is 0 Å². The Balaban J connectivity index is 2.64. The highest BCUT2D eigenvalue weighted by molar-refractivity contribution is 6.52. The summed E-state index contributed by atoms with van der Waals surface area (Å²) in [6, 6.07) is 0. The van der Waals surface area contributed by atoms with Crippen molar-refractivity contribution < 1.29 is 32.8 Å². The van der Waals surface area contributed by atoms with Crippen molar-refractivity contribution in [1.82, 2.24) is 0 Å². The standard InChI is InChI=1S/C12H26O7Si/c1-4-13-17-20(18-14-5-2,19-15-6-3)16-12-10-8-7-9-11-12/h12H,4-11H2,1-3H3. The Morgan fingerprint density at radius 2 is 1.20 bits per heavy atom. The molecule has 0 radical (unpaired) electrons. The molecule has 0 unspecified atom stereocenters. The van der Waals surface area contributed by atoms with Crippen LogP contribution in [0.2, 0.25) is 0 Å². The highest BCUT2D eigenvalue weighted by Crippen LogP contribution is 2.25.